The van der Waals surface area contributed by atoms with Crippen LogP contribution in [0.1, 0.15) is 29.8 Å². The molecule has 0 saturated heterocycles. The number of aromatic nitrogens is 1. The molecule has 0 aromatic carbocycles. The molecule has 1 amide bonds. The Kier molecular flexibility index (Phi) is 4.92. The van der Waals surface area contributed by atoms with Crippen LogP contribution in [0.3, 0.4) is 0 Å². The Morgan fingerprint density at radius 2 is 2.25 bits per heavy atom. The molecule has 1 heterocycles. The Labute approximate surface area is 95.9 Å². The molecule has 0 atom stereocenters. The van der Waals surface area contributed by atoms with Crippen molar-refractivity contribution in [2.24, 2.45) is 0 Å². The predicted molar refractivity (Wildman–Crippen MR) is 62.3 cm³/mol. The summed E-state index contributed by atoms with van der Waals surface area (Å²) in [4.78, 5) is 17.8. The second kappa shape index (κ2) is 6.23. The van der Waals surface area contributed by atoms with Crippen molar-refractivity contribution in [1.82, 2.24) is 9.88 Å². The van der Waals surface area contributed by atoms with Crippen LogP contribution in [0.4, 0.5) is 0 Å². The standard InChI is InChI=1S/C12H18N2O2/c1-3-10-9-13-6-5-11(10)12(16)14(4-2)7-8-15/h5-6,9,15H,3-4,7-8H2,1-2H3. The molecular formula is C12H18N2O2. The molecular weight excluding hydrogens is 204 g/mol. The number of aliphatic hydroxyl groups is 1. The van der Waals surface area contributed by atoms with Gasteiger partial charge in [0.25, 0.3) is 5.91 Å². The maximum absolute atomic E-state index is 12.1. The average molecular weight is 222 g/mol. The van der Waals surface area contributed by atoms with Crippen LogP contribution in [-0.2, 0) is 6.42 Å². The first kappa shape index (κ1) is 12.6. The number of aryl methyl sites for hydroxylation is 1. The van der Waals surface area contributed by atoms with Crippen molar-refractivity contribution in [3.05, 3.63) is 29.6 Å². The van der Waals surface area contributed by atoms with Crippen LogP contribution < -0.4 is 0 Å². The van der Waals surface area contributed by atoms with Crippen LogP contribution in [-0.4, -0.2) is 40.6 Å². The molecule has 0 spiro atoms. The highest BCUT2D eigenvalue weighted by Gasteiger charge is 2.16. The molecule has 1 N–H and O–H groups in total. The van der Waals surface area contributed by atoms with E-state index in [1.807, 2.05) is 13.8 Å². The Bertz CT molecular complexity index is 353. The van der Waals surface area contributed by atoms with Gasteiger partial charge < -0.3 is 10.0 Å². The molecule has 1 rings (SSSR count). The summed E-state index contributed by atoms with van der Waals surface area (Å²) in [5.41, 5.74) is 1.64. The molecule has 0 aliphatic carbocycles. The molecule has 0 bridgehead atoms. The van der Waals surface area contributed by atoms with Gasteiger partial charge in [-0.25, -0.2) is 0 Å². The van der Waals surface area contributed by atoms with Gasteiger partial charge in [0.2, 0.25) is 0 Å². The number of hydrogen-bond acceptors (Lipinski definition) is 3. The fraction of sp³-hybridized carbons (Fsp3) is 0.500. The first-order valence-corrected chi connectivity index (χ1v) is 5.57. The molecule has 0 aliphatic rings. The van der Waals surface area contributed by atoms with E-state index in [-0.39, 0.29) is 12.5 Å². The maximum Gasteiger partial charge on any atom is 0.254 e. The highest BCUT2D eigenvalue weighted by atomic mass is 16.3. The third kappa shape index (κ3) is 2.79. The fourth-order valence-corrected chi connectivity index (χ4v) is 1.61. The van der Waals surface area contributed by atoms with E-state index in [0.29, 0.717) is 18.7 Å². The zero-order valence-electron chi connectivity index (χ0n) is 9.81. The lowest BCUT2D eigenvalue weighted by atomic mass is 10.1. The molecule has 0 radical (unpaired) electrons. The number of carbonyl (C=O) groups excluding carboxylic acids is 1. The summed E-state index contributed by atoms with van der Waals surface area (Å²) >= 11 is 0. The number of nitrogens with zero attached hydrogens (tertiary/aromatic N) is 2. The zero-order chi connectivity index (χ0) is 12.0. The lowest BCUT2D eigenvalue weighted by Crippen LogP contribution is -2.33. The molecule has 0 unspecified atom stereocenters. The van der Waals surface area contributed by atoms with Gasteiger partial charge in [0.15, 0.2) is 0 Å². The summed E-state index contributed by atoms with van der Waals surface area (Å²) in [6, 6.07) is 1.74. The molecule has 0 aliphatic heterocycles. The van der Waals surface area contributed by atoms with Crippen molar-refractivity contribution in [1.29, 1.82) is 0 Å². The lowest BCUT2D eigenvalue weighted by molar-refractivity contribution is 0.0731. The number of likely N-dealkylation sites (N-methyl/N-ethyl adjacent to an activating group) is 1. The van der Waals surface area contributed by atoms with E-state index >= 15 is 0 Å². The van der Waals surface area contributed by atoms with Crippen molar-refractivity contribution in [3.8, 4) is 0 Å². The quantitative estimate of drug-likeness (QED) is 0.811. The van der Waals surface area contributed by atoms with Crippen molar-refractivity contribution in [2.75, 3.05) is 19.7 Å². The zero-order valence-corrected chi connectivity index (χ0v) is 9.81. The summed E-state index contributed by atoms with van der Waals surface area (Å²) in [7, 11) is 0. The van der Waals surface area contributed by atoms with E-state index in [2.05, 4.69) is 4.98 Å². The Morgan fingerprint density at radius 3 is 2.81 bits per heavy atom. The molecule has 4 heteroatoms. The number of amides is 1. The molecule has 1 aromatic rings. The highest BCUT2D eigenvalue weighted by Crippen LogP contribution is 2.10. The first-order chi connectivity index (χ1) is 7.74. The van der Waals surface area contributed by atoms with Gasteiger partial charge in [-0.05, 0) is 25.0 Å². The minimum atomic E-state index is -0.0317. The second-order valence-corrected chi connectivity index (χ2v) is 3.49. The topological polar surface area (TPSA) is 53.4 Å². The monoisotopic (exact) mass is 222 g/mol. The van der Waals surface area contributed by atoms with E-state index in [4.69, 9.17) is 5.11 Å². The number of pyridine rings is 1. The predicted octanol–water partition coefficient (Wildman–Crippen LogP) is 1.10. The van der Waals surface area contributed by atoms with Gasteiger partial charge in [0, 0.05) is 31.0 Å². The van der Waals surface area contributed by atoms with Crippen molar-refractivity contribution in [3.63, 3.8) is 0 Å². The Hall–Kier alpha value is -1.42. The van der Waals surface area contributed by atoms with Crippen LogP contribution in [0.25, 0.3) is 0 Å². The van der Waals surface area contributed by atoms with Gasteiger partial charge in [-0.15, -0.1) is 0 Å². The smallest absolute Gasteiger partial charge is 0.254 e. The number of aliphatic hydroxyl groups excluding tert-OH is 1. The molecule has 4 nitrogen and oxygen atoms in total. The average Bonchev–Trinajstić information content (AvgIpc) is 2.35. The van der Waals surface area contributed by atoms with E-state index in [9.17, 15) is 4.79 Å². The molecule has 0 fully saturated rings. The van der Waals surface area contributed by atoms with Gasteiger partial charge in [0.05, 0.1) is 6.61 Å². The van der Waals surface area contributed by atoms with E-state index in [1.165, 1.54) is 0 Å². The van der Waals surface area contributed by atoms with Gasteiger partial charge in [-0.3, -0.25) is 9.78 Å². The van der Waals surface area contributed by atoms with Gasteiger partial charge in [0.1, 0.15) is 0 Å². The van der Waals surface area contributed by atoms with Crippen LogP contribution in [0.2, 0.25) is 0 Å². The summed E-state index contributed by atoms with van der Waals surface area (Å²) in [5, 5.41) is 8.88. The highest BCUT2D eigenvalue weighted by molar-refractivity contribution is 5.95. The van der Waals surface area contributed by atoms with E-state index < -0.39 is 0 Å². The van der Waals surface area contributed by atoms with E-state index in [1.54, 1.807) is 23.4 Å². The number of hydrogen-bond donors (Lipinski definition) is 1. The lowest BCUT2D eigenvalue weighted by Gasteiger charge is -2.20. The first-order valence-electron chi connectivity index (χ1n) is 5.57. The van der Waals surface area contributed by atoms with Gasteiger partial charge >= 0.3 is 0 Å². The van der Waals surface area contributed by atoms with Crippen LogP contribution >= 0.6 is 0 Å². The van der Waals surface area contributed by atoms with Gasteiger partial charge in [-0.1, -0.05) is 6.92 Å². The number of carbonyl (C=O) groups is 1. The largest absolute Gasteiger partial charge is 0.395 e. The van der Waals surface area contributed by atoms with Crippen molar-refractivity contribution < 1.29 is 9.90 Å². The minimum Gasteiger partial charge on any atom is -0.395 e. The summed E-state index contributed by atoms with van der Waals surface area (Å²) in [6.45, 7) is 4.87. The molecule has 16 heavy (non-hydrogen) atoms. The van der Waals surface area contributed by atoms with Crippen LogP contribution in [0.15, 0.2) is 18.5 Å². The molecule has 88 valence electrons. The third-order valence-electron chi connectivity index (χ3n) is 2.55. The van der Waals surface area contributed by atoms with Crippen molar-refractivity contribution in [2.45, 2.75) is 20.3 Å². The Morgan fingerprint density at radius 1 is 1.50 bits per heavy atom. The maximum atomic E-state index is 12.1. The second-order valence-electron chi connectivity index (χ2n) is 3.49. The summed E-state index contributed by atoms with van der Waals surface area (Å²) in [6.07, 6.45) is 4.13. The number of rotatable bonds is 5. The van der Waals surface area contributed by atoms with Crippen molar-refractivity contribution >= 4 is 5.91 Å². The van der Waals surface area contributed by atoms with Crippen LogP contribution in [0.5, 0.6) is 0 Å². The molecule has 0 saturated carbocycles. The normalized spacial score (nSPS) is 10.2. The SMILES string of the molecule is CCc1cnccc1C(=O)N(CC)CCO. The Balaban J connectivity index is 2.93. The third-order valence-corrected chi connectivity index (χ3v) is 2.55. The van der Waals surface area contributed by atoms with Gasteiger partial charge in [-0.2, -0.15) is 0 Å². The fourth-order valence-electron chi connectivity index (χ4n) is 1.61. The van der Waals surface area contributed by atoms with Crippen LogP contribution in [0, 0.1) is 0 Å². The molecule has 1 aromatic heterocycles. The minimum absolute atomic E-state index is 0.00782. The summed E-state index contributed by atoms with van der Waals surface area (Å²) in [5.74, 6) is -0.0317. The van der Waals surface area contributed by atoms with E-state index in [0.717, 1.165) is 12.0 Å². The summed E-state index contributed by atoms with van der Waals surface area (Å²) < 4.78 is 0.